The zero-order valence-corrected chi connectivity index (χ0v) is 23.7. The molecular formula is C27H34N4O7S. The maximum absolute atomic E-state index is 13.2. The number of nitrogens with zero attached hydrogens (tertiary/aromatic N) is 3. The quantitative estimate of drug-likeness (QED) is 0.395. The summed E-state index contributed by atoms with van der Waals surface area (Å²) in [5, 5.41) is 22.5. The van der Waals surface area contributed by atoms with E-state index in [2.05, 4.69) is 15.3 Å². The monoisotopic (exact) mass is 558 g/mol. The number of benzene rings is 1. The predicted molar refractivity (Wildman–Crippen MR) is 144 cm³/mol. The van der Waals surface area contributed by atoms with Crippen LogP contribution in [0.4, 0.5) is 0 Å². The molecule has 12 heteroatoms. The number of imidazole rings is 1. The molecular weight excluding hydrogens is 524 g/mol. The van der Waals surface area contributed by atoms with Crippen molar-refractivity contribution in [3.05, 3.63) is 59.4 Å². The second kappa shape index (κ2) is 10.8. The summed E-state index contributed by atoms with van der Waals surface area (Å²) in [7, 11) is -3.94. The number of aliphatic imine (C=N–C) groups is 1. The van der Waals surface area contributed by atoms with Crippen LogP contribution in [0.3, 0.4) is 0 Å². The van der Waals surface area contributed by atoms with Gasteiger partial charge in [-0.05, 0) is 45.2 Å². The van der Waals surface area contributed by atoms with Crippen molar-refractivity contribution in [2.45, 2.75) is 77.3 Å². The zero-order valence-electron chi connectivity index (χ0n) is 22.8. The van der Waals surface area contributed by atoms with E-state index in [4.69, 9.17) is 0 Å². The van der Waals surface area contributed by atoms with Crippen LogP contribution in [0.5, 0.6) is 0 Å². The Morgan fingerprint density at radius 3 is 2.38 bits per heavy atom. The number of amides is 1. The van der Waals surface area contributed by atoms with Crippen molar-refractivity contribution < 1.29 is 33.0 Å². The second-order valence-electron chi connectivity index (χ2n) is 11.1. The lowest BCUT2D eigenvalue weighted by atomic mass is 9.75. The van der Waals surface area contributed by atoms with E-state index in [1.165, 1.54) is 39.1 Å². The molecule has 0 saturated carbocycles. The molecule has 1 aromatic heterocycles. The van der Waals surface area contributed by atoms with Gasteiger partial charge in [0.05, 0.1) is 16.2 Å². The van der Waals surface area contributed by atoms with Crippen LogP contribution in [0, 0.1) is 12.3 Å². The Hall–Kier alpha value is -3.80. The normalized spacial score (nSPS) is 17.2. The number of aliphatic hydroxyl groups excluding tert-OH is 1. The molecule has 2 aromatic rings. The molecule has 1 heterocycles. The standard InChI is InChI=1S/C27H34N4O7S/c1-16-7-9-19(10-8-16)39(37,38)31-14-18(28-15-31)11-20(24(34)30-27(5,6)25(35)36)29-17(2)23-21(32)12-26(3,4)13-22(23)33/h7-10,14-15,20,32H,11-13H2,1-6H3,(H,30,34)(H,35,36)/t20-/m0/s1. The van der Waals surface area contributed by atoms with Crippen LogP contribution < -0.4 is 5.32 Å². The van der Waals surface area contributed by atoms with E-state index in [0.29, 0.717) is 0 Å². The Morgan fingerprint density at radius 2 is 1.82 bits per heavy atom. The van der Waals surface area contributed by atoms with Gasteiger partial charge in [0.2, 0.25) is 5.91 Å². The minimum atomic E-state index is -3.94. The first kappa shape index (κ1) is 29.8. The van der Waals surface area contributed by atoms with E-state index in [9.17, 15) is 33.0 Å². The number of allylic oxidation sites excluding steroid dienone is 2. The van der Waals surface area contributed by atoms with Crippen LogP contribution in [0.15, 0.2) is 58.0 Å². The van der Waals surface area contributed by atoms with Crippen molar-refractivity contribution in [2.24, 2.45) is 10.4 Å². The van der Waals surface area contributed by atoms with Gasteiger partial charge in [-0.25, -0.2) is 22.2 Å². The van der Waals surface area contributed by atoms with Crippen molar-refractivity contribution in [2.75, 3.05) is 0 Å². The summed E-state index contributed by atoms with van der Waals surface area (Å²) < 4.78 is 27.0. The molecule has 1 aliphatic carbocycles. The summed E-state index contributed by atoms with van der Waals surface area (Å²) in [4.78, 5) is 46.2. The lowest BCUT2D eigenvalue weighted by Crippen LogP contribution is -2.53. The first-order valence-electron chi connectivity index (χ1n) is 12.3. The van der Waals surface area contributed by atoms with Crippen LogP contribution in [-0.4, -0.2) is 62.5 Å². The summed E-state index contributed by atoms with van der Waals surface area (Å²) >= 11 is 0. The van der Waals surface area contributed by atoms with Gasteiger partial charge in [0.15, 0.2) is 5.78 Å². The zero-order chi connectivity index (χ0) is 29.3. The Balaban J connectivity index is 1.98. The van der Waals surface area contributed by atoms with Gasteiger partial charge >= 0.3 is 5.97 Å². The van der Waals surface area contributed by atoms with Crippen LogP contribution >= 0.6 is 0 Å². The SMILES string of the molecule is CC(=N[C@@H](Cc1cn(S(=O)(=O)c2ccc(C)cc2)cn1)C(=O)NC(C)(C)C(=O)O)C1=C(O)CC(C)(C)CC1=O. The van der Waals surface area contributed by atoms with Crippen molar-refractivity contribution in [1.82, 2.24) is 14.3 Å². The summed E-state index contributed by atoms with van der Waals surface area (Å²) in [6.45, 7) is 9.66. The number of hydrogen-bond donors (Lipinski definition) is 3. The summed E-state index contributed by atoms with van der Waals surface area (Å²) in [5.41, 5.74) is -0.815. The minimum absolute atomic E-state index is 0.0251. The summed E-state index contributed by atoms with van der Waals surface area (Å²) in [6, 6.07) is 5.03. The number of aliphatic hydroxyl groups is 1. The highest BCUT2D eigenvalue weighted by Gasteiger charge is 2.36. The smallest absolute Gasteiger partial charge is 0.328 e. The summed E-state index contributed by atoms with van der Waals surface area (Å²) in [6.07, 6.45) is 2.61. The van der Waals surface area contributed by atoms with Gasteiger partial charge in [0, 0.05) is 31.2 Å². The van der Waals surface area contributed by atoms with E-state index in [1.54, 1.807) is 12.1 Å². The molecule has 0 fully saturated rings. The first-order chi connectivity index (χ1) is 17.9. The molecule has 1 aliphatic rings. The average molecular weight is 559 g/mol. The Kier molecular flexibility index (Phi) is 8.21. The Labute approximate surface area is 227 Å². The molecule has 0 aliphatic heterocycles. The number of carboxylic acid groups (broad SMARTS) is 1. The Bertz CT molecular complexity index is 1470. The fraction of sp³-hybridized carbons (Fsp3) is 0.444. The molecule has 0 spiro atoms. The fourth-order valence-electron chi connectivity index (χ4n) is 4.25. The van der Waals surface area contributed by atoms with Crippen LogP contribution in [0.25, 0.3) is 0 Å². The second-order valence-corrected chi connectivity index (χ2v) is 13.0. The maximum Gasteiger partial charge on any atom is 0.328 e. The number of Topliss-reactive ketones (excluding diaryl/α,β-unsaturated/α-hetero) is 1. The highest BCUT2D eigenvalue weighted by atomic mass is 32.2. The van der Waals surface area contributed by atoms with Gasteiger partial charge in [0.25, 0.3) is 10.0 Å². The molecule has 3 rings (SSSR count). The van der Waals surface area contributed by atoms with E-state index >= 15 is 0 Å². The lowest BCUT2D eigenvalue weighted by molar-refractivity contribution is -0.146. The van der Waals surface area contributed by atoms with Crippen molar-refractivity contribution in [3.63, 3.8) is 0 Å². The van der Waals surface area contributed by atoms with Crippen molar-refractivity contribution in [1.29, 1.82) is 0 Å². The number of carboxylic acids is 1. The number of aryl methyl sites for hydroxylation is 1. The number of aromatic nitrogens is 2. The number of hydrogen-bond acceptors (Lipinski definition) is 8. The van der Waals surface area contributed by atoms with E-state index in [1.807, 2.05) is 20.8 Å². The third kappa shape index (κ3) is 6.80. The molecule has 3 N–H and O–H groups in total. The number of nitrogens with one attached hydrogen (secondary N) is 1. The fourth-order valence-corrected chi connectivity index (χ4v) is 5.41. The molecule has 0 saturated heterocycles. The average Bonchev–Trinajstić information content (AvgIpc) is 3.26. The third-order valence-corrected chi connectivity index (χ3v) is 8.07. The van der Waals surface area contributed by atoms with Crippen molar-refractivity contribution in [3.8, 4) is 0 Å². The van der Waals surface area contributed by atoms with Gasteiger partial charge in [-0.2, -0.15) is 0 Å². The van der Waals surface area contributed by atoms with Gasteiger partial charge in [0.1, 0.15) is 23.7 Å². The van der Waals surface area contributed by atoms with E-state index < -0.39 is 38.9 Å². The number of aliphatic carboxylic acids is 1. The van der Waals surface area contributed by atoms with Gasteiger partial charge in [-0.1, -0.05) is 31.5 Å². The molecule has 11 nitrogen and oxygen atoms in total. The number of carbonyl (C=O) groups excluding carboxylic acids is 2. The predicted octanol–water partition coefficient (Wildman–Crippen LogP) is 2.98. The molecule has 1 amide bonds. The number of carbonyl (C=O) groups is 3. The maximum atomic E-state index is 13.2. The highest BCUT2D eigenvalue weighted by Crippen LogP contribution is 2.36. The molecule has 0 unspecified atom stereocenters. The third-order valence-electron chi connectivity index (χ3n) is 6.45. The van der Waals surface area contributed by atoms with Gasteiger partial charge < -0.3 is 15.5 Å². The number of rotatable bonds is 9. The van der Waals surface area contributed by atoms with Crippen LogP contribution in [0.2, 0.25) is 0 Å². The molecule has 1 aromatic carbocycles. The van der Waals surface area contributed by atoms with Crippen molar-refractivity contribution >= 4 is 33.4 Å². The molecule has 39 heavy (non-hydrogen) atoms. The molecule has 0 radical (unpaired) electrons. The van der Waals surface area contributed by atoms with E-state index in [-0.39, 0.29) is 52.7 Å². The largest absolute Gasteiger partial charge is 0.511 e. The Morgan fingerprint density at radius 1 is 1.21 bits per heavy atom. The van der Waals surface area contributed by atoms with Gasteiger partial charge in [-0.15, -0.1) is 0 Å². The molecule has 210 valence electrons. The summed E-state index contributed by atoms with van der Waals surface area (Å²) in [5.74, 6) is -2.48. The number of ketones is 1. The molecule has 0 bridgehead atoms. The topological polar surface area (TPSA) is 168 Å². The highest BCUT2D eigenvalue weighted by molar-refractivity contribution is 7.90. The van der Waals surface area contributed by atoms with E-state index in [0.717, 1.165) is 15.9 Å². The minimum Gasteiger partial charge on any atom is -0.511 e. The lowest BCUT2D eigenvalue weighted by Gasteiger charge is -2.30. The van der Waals surface area contributed by atoms with Crippen LogP contribution in [0.1, 0.15) is 58.7 Å². The molecule has 1 atom stereocenters. The van der Waals surface area contributed by atoms with Gasteiger partial charge in [-0.3, -0.25) is 14.6 Å². The first-order valence-corrected chi connectivity index (χ1v) is 13.8. The van der Waals surface area contributed by atoms with Crippen LogP contribution in [-0.2, 0) is 30.8 Å².